The first-order valence-electron chi connectivity index (χ1n) is 8.21. The van der Waals surface area contributed by atoms with Crippen molar-refractivity contribution in [2.24, 2.45) is 0 Å². The minimum absolute atomic E-state index is 0.0519. The van der Waals surface area contributed by atoms with Gasteiger partial charge in [-0.15, -0.1) is 0 Å². The van der Waals surface area contributed by atoms with E-state index in [0.717, 1.165) is 5.56 Å². The predicted octanol–water partition coefficient (Wildman–Crippen LogP) is 0.729. The van der Waals surface area contributed by atoms with E-state index in [1.807, 2.05) is 17.0 Å². The average molecular weight is 338 g/mol. The maximum absolute atomic E-state index is 12.7. The number of nitrogens with zero attached hydrogens (tertiary/aromatic N) is 4. The maximum Gasteiger partial charge on any atom is 0.255 e. The Balaban J connectivity index is 1.52. The lowest BCUT2D eigenvalue weighted by atomic mass is 10.1. The number of aromatic nitrogens is 2. The van der Waals surface area contributed by atoms with Gasteiger partial charge in [-0.2, -0.15) is 0 Å². The van der Waals surface area contributed by atoms with Gasteiger partial charge in [0.05, 0.1) is 17.7 Å². The lowest BCUT2D eigenvalue weighted by molar-refractivity contribution is -0.153. The Kier molecular flexibility index (Phi) is 4.15. The van der Waals surface area contributed by atoms with E-state index in [1.54, 1.807) is 41.8 Å². The molecule has 2 saturated heterocycles. The van der Waals surface area contributed by atoms with E-state index in [0.29, 0.717) is 25.2 Å². The number of fused-ring (bicyclic) bond motifs is 1. The Bertz CT molecular complexity index is 768. The largest absolute Gasteiger partial charge is 0.364 e. The fourth-order valence-corrected chi connectivity index (χ4v) is 3.40. The van der Waals surface area contributed by atoms with Crippen LogP contribution in [0.2, 0.25) is 0 Å². The molecule has 0 unspecified atom stereocenters. The zero-order valence-electron chi connectivity index (χ0n) is 13.6. The molecule has 0 aliphatic carbocycles. The Morgan fingerprint density at radius 3 is 2.68 bits per heavy atom. The number of rotatable bonds is 3. The average Bonchev–Trinajstić information content (AvgIpc) is 3.10. The Hall–Kier alpha value is -2.80. The fourth-order valence-electron chi connectivity index (χ4n) is 3.40. The molecule has 0 aromatic carbocycles. The van der Waals surface area contributed by atoms with E-state index in [4.69, 9.17) is 4.74 Å². The second-order valence-electron chi connectivity index (χ2n) is 6.25. The summed E-state index contributed by atoms with van der Waals surface area (Å²) in [6.07, 6.45) is 6.50. The summed E-state index contributed by atoms with van der Waals surface area (Å²) in [6.45, 7) is 1.47. The molecule has 2 aliphatic rings. The summed E-state index contributed by atoms with van der Waals surface area (Å²) in [5, 5.41) is 0. The van der Waals surface area contributed by atoms with Gasteiger partial charge in [-0.1, -0.05) is 6.07 Å². The molecule has 2 fully saturated rings. The molecule has 0 N–H and O–H groups in total. The molecule has 2 amide bonds. The van der Waals surface area contributed by atoms with Gasteiger partial charge in [0.15, 0.2) is 0 Å². The van der Waals surface area contributed by atoms with Crippen molar-refractivity contribution < 1.29 is 14.3 Å². The highest BCUT2D eigenvalue weighted by molar-refractivity contribution is 5.94. The second kappa shape index (κ2) is 6.60. The highest BCUT2D eigenvalue weighted by Gasteiger charge is 2.44. The summed E-state index contributed by atoms with van der Waals surface area (Å²) in [7, 11) is 0. The van der Waals surface area contributed by atoms with Crippen LogP contribution in [0.5, 0.6) is 0 Å². The van der Waals surface area contributed by atoms with E-state index in [-0.39, 0.29) is 30.6 Å². The van der Waals surface area contributed by atoms with Crippen molar-refractivity contribution in [1.82, 2.24) is 19.8 Å². The second-order valence-corrected chi connectivity index (χ2v) is 6.25. The molecule has 4 rings (SSSR count). The van der Waals surface area contributed by atoms with Crippen molar-refractivity contribution in [3.63, 3.8) is 0 Å². The summed E-state index contributed by atoms with van der Waals surface area (Å²) in [5.41, 5.74) is 1.51. The van der Waals surface area contributed by atoms with Gasteiger partial charge in [0, 0.05) is 44.4 Å². The number of carbonyl (C=O) groups excluding carboxylic acids is 2. The van der Waals surface area contributed by atoms with Crippen LogP contribution in [0.15, 0.2) is 49.1 Å². The summed E-state index contributed by atoms with van der Waals surface area (Å²) in [4.78, 5) is 36.7. The normalized spacial score (nSPS) is 22.8. The molecule has 2 atom stereocenters. The van der Waals surface area contributed by atoms with Gasteiger partial charge in [0.1, 0.15) is 6.61 Å². The van der Waals surface area contributed by atoms with Crippen molar-refractivity contribution in [1.29, 1.82) is 0 Å². The van der Waals surface area contributed by atoms with E-state index in [1.165, 1.54) is 0 Å². The van der Waals surface area contributed by atoms with Gasteiger partial charge in [-0.25, -0.2) is 0 Å². The SMILES string of the molecule is O=C(c1cccnc1)N1C[C@@H]2OCC(=O)N(Cc3cccnc3)[C@@H]2C1. The van der Waals surface area contributed by atoms with Crippen LogP contribution in [0.4, 0.5) is 0 Å². The molecule has 2 aromatic rings. The number of morpholine rings is 1. The number of carbonyl (C=O) groups is 2. The van der Waals surface area contributed by atoms with Crippen LogP contribution < -0.4 is 0 Å². The first kappa shape index (κ1) is 15.7. The third-order valence-corrected chi connectivity index (χ3v) is 4.65. The lowest BCUT2D eigenvalue weighted by Gasteiger charge is -2.36. The fraction of sp³-hybridized carbons (Fsp3) is 0.333. The van der Waals surface area contributed by atoms with Crippen molar-refractivity contribution in [2.75, 3.05) is 19.7 Å². The molecule has 128 valence electrons. The van der Waals surface area contributed by atoms with Gasteiger partial charge < -0.3 is 14.5 Å². The molecule has 0 bridgehead atoms. The van der Waals surface area contributed by atoms with Crippen LogP contribution in [0, 0.1) is 0 Å². The van der Waals surface area contributed by atoms with Crippen molar-refractivity contribution in [3.05, 3.63) is 60.2 Å². The van der Waals surface area contributed by atoms with Gasteiger partial charge in [-0.05, 0) is 23.8 Å². The summed E-state index contributed by atoms with van der Waals surface area (Å²) < 4.78 is 5.68. The first-order chi connectivity index (χ1) is 12.2. The molecular formula is C18H18N4O3. The Morgan fingerprint density at radius 1 is 1.16 bits per heavy atom. The smallest absolute Gasteiger partial charge is 0.255 e. The molecule has 2 aliphatic heterocycles. The Morgan fingerprint density at radius 2 is 1.96 bits per heavy atom. The first-order valence-corrected chi connectivity index (χ1v) is 8.21. The zero-order valence-corrected chi connectivity index (χ0v) is 13.6. The minimum Gasteiger partial charge on any atom is -0.364 e. The van der Waals surface area contributed by atoms with Gasteiger partial charge in [0.2, 0.25) is 5.91 Å². The van der Waals surface area contributed by atoms with E-state index < -0.39 is 0 Å². The van der Waals surface area contributed by atoms with Crippen LogP contribution in [-0.2, 0) is 16.1 Å². The van der Waals surface area contributed by atoms with Crippen LogP contribution in [-0.4, -0.2) is 63.4 Å². The number of hydrogen-bond acceptors (Lipinski definition) is 5. The van der Waals surface area contributed by atoms with Crippen molar-refractivity contribution in [2.45, 2.75) is 18.7 Å². The summed E-state index contributed by atoms with van der Waals surface area (Å²) in [5.74, 6) is -0.138. The Labute approximate surface area is 145 Å². The molecule has 2 aromatic heterocycles. The topological polar surface area (TPSA) is 75.6 Å². The molecule has 0 spiro atoms. The van der Waals surface area contributed by atoms with Crippen LogP contribution >= 0.6 is 0 Å². The number of hydrogen-bond donors (Lipinski definition) is 0. The van der Waals surface area contributed by atoms with Crippen molar-refractivity contribution in [3.8, 4) is 0 Å². The van der Waals surface area contributed by atoms with Crippen LogP contribution in [0.1, 0.15) is 15.9 Å². The van der Waals surface area contributed by atoms with Gasteiger partial charge in [0.25, 0.3) is 5.91 Å². The molecule has 0 radical (unpaired) electrons. The maximum atomic E-state index is 12.7. The quantitative estimate of drug-likeness (QED) is 0.825. The number of pyridine rings is 2. The number of amides is 2. The minimum atomic E-state index is -0.157. The van der Waals surface area contributed by atoms with E-state index >= 15 is 0 Å². The summed E-state index contributed by atoms with van der Waals surface area (Å²) in [6, 6.07) is 7.15. The zero-order chi connectivity index (χ0) is 17.2. The molecular weight excluding hydrogens is 320 g/mol. The monoisotopic (exact) mass is 338 g/mol. The highest BCUT2D eigenvalue weighted by Crippen LogP contribution is 2.26. The molecule has 0 saturated carbocycles. The van der Waals surface area contributed by atoms with Crippen LogP contribution in [0.25, 0.3) is 0 Å². The van der Waals surface area contributed by atoms with E-state index in [2.05, 4.69) is 9.97 Å². The lowest BCUT2D eigenvalue weighted by Crippen LogP contribution is -2.53. The predicted molar refractivity (Wildman–Crippen MR) is 88.5 cm³/mol. The standard InChI is InChI=1S/C18H18N4O3/c23-17-12-25-16-11-21(18(24)14-4-2-6-20-8-14)10-15(16)22(17)9-13-3-1-5-19-7-13/h1-8,15-16H,9-12H2/t15-,16+/m1/s1. The van der Waals surface area contributed by atoms with Gasteiger partial charge >= 0.3 is 0 Å². The number of likely N-dealkylation sites (tertiary alicyclic amines) is 1. The molecule has 4 heterocycles. The third-order valence-electron chi connectivity index (χ3n) is 4.65. The molecule has 25 heavy (non-hydrogen) atoms. The van der Waals surface area contributed by atoms with Crippen LogP contribution in [0.3, 0.4) is 0 Å². The van der Waals surface area contributed by atoms with E-state index in [9.17, 15) is 9.59 Å². The highest BCUT2D eigenvalue weighted by atomic mass is 16.5. The molecule has 7 heteroatoms. The summed E-state index contributed by atoms with van der Waals surface area (Å²) >= 11 is 0. The third kappa shape index (κ3) is 3.10. The number of ether oxygens (including phenoxy) is 1. The van der Waals surface area contributed by atoms with Crippen molar-refractivity contribution >= 4 is 11.8 Å². The molecule has 7 nitrogen and oxygen atoms in total. The van der Waals surface area contributed by atoms with Gasteiger partial charge in [-0.3, -0.25) is 19.6 Å².